The van der Waals surface area contributed by atoms with E-state index < -0.39 is 0 Å². The minimum Gasteiger partial charge on any atom is -0.305 e. The van der Waals surface area contributed by atoms with E-state index in [0.717, 1.165) is 134 Å². The largest absolute Gasteiger partial charge is 0.305 e. The van der Waals surface area contributed by atoms with Crippen molar-refractivity contribution in [1.29, 1.82) is 5.26 Å². The van der Waals surface area contributed by atoms with Crippen LogP contribution in [-0.2, 0) is 0 Å². The third-order valence-electron chi connectivity index (χ3n) is 24.9. The number of fused-ring (bicyclic) bond motifs is 18. The number of para-hydroxylation sites is 7. The van der Waals surface area contributed by atoms with Gasteiger partial charge in [-0.15, -0.1) is 0 Å². The molecule has 9 heterocycles. The van der Waals surface area contributed by atoms with Crippen molar-refractivity contribution in [3.63, 3.8) is 0 Å². The minimum atomic E-state index is 0.613. The average molecular weight is 1620 g/mol. The molecule has 12 nitrogen and oxygen atoms in total. The van der Waals surface area contributed by atoms with Gasteiger partial charge in [-0.2, -0.15) is 5.26 Å². The van der Waals surface area contributed by atoms with Gasteiger partial charge in [0.1, 0.15) is 0 Å². The number of aromatic nitrogens is 9. The summed E-state index contributed by atoms with van der Waals surface area (Å²) in [5, 5.41) is 23.9. The zero-order valence-electron chi connectivity index (χ0n) is 70.0. The molecule has 594 valence electrons. The lowest BCUT2D eigenvalue weighted by Gasteiger charge is -2.20. The van der Waals surface area contributed by atoms with Gasteiger partial charge in [0.15, 0.2) is 28.8 Å². The maximum Gasteiger partial charge on any atom is 0.194 e. The average Bonchev–Trinajstić information content (AvgIpc) is 1.56. The first-order chi connectivity index (χ1) is 61.9. The van der Waals surface area contributed by atoms with Crippen molar-refractivity contribution in [1.82, 2.24) is 42.4 Å². The Labute approximate surface area is 726 Å². The number of hydrogen-bond donors (Lipinski definition) is 0. The molecule has 0 saturated carbocycles. The Bertz CT molecular complexity index is 8790. The summed E-state index contributed by atoms with van der Waals surface area (Å²) in [7, 11) is 0. The van der Waals surface area contributed by atoms with Crippen molar-refractivity contribution >= 4 is 142 Å². The van der Waals surface area contributed by atoms with Crippen molar-refractivity contribution < 1.29 is 0 Å². The van der Waals surface area contributed by atoms with Crippen molar-refractivity contribution in [3.8, 4) is 74.0 Å². The van der Waals surface area contributed by atoms with E-state index in [2.05, 4.69) is 364 Å². The molecule has 0 N–H and O–H groups in total. The van der Waals surface area contributed by atoms with Gasteiger partial charge in [-0.05, 0) is 204 Å². The van der Waals surface area contributed by atoms with Crippen LogP contribution in [-0.4, -0.2) is 42.4 Å². The quantitative estimate of drug-likeness (QED) is 0.134. The molecule has 0 aliphatic rings. The van der Waals surface area contributed by atoms with E-state index in [0.29, 0.717) is 16.9 Å². The Morgan fingerprint density at radius 1 is 0.238 bits per heavy atom. The summed E-state index contributed by atoms with van der Waals surface area (Å²) in [4.78, 5) is 23.1. The molecule has 24 rings (SSSR count). The Morgan fingerprint density at radius 2 is 0.524 bits per heavy atom. The molecule has 0 saturated heterocycles. The van der Waals surface area contributed by atoms with Crippen LogP contribution in [0.5, 0.6) is 0 Å². The first-order valence-electron chi connectivity index (χ1n) is 42.3. The zero-order chi connectivity index (χ0) is 85.1. The molecule has 24 aromatic rings. The molecule has 9 aromatic heterocycles. The van der Waals surface area contributed by atoms with Gasteiger partial charge < -0.3 is 13.7 Å². The van der Waals surface area contributed by atoms with E-state index in [-0.39, 0.29) is 0 Å². The van der Waals surface area contributed by atoms with Crippen LogP contribution in [0.1, 0.15) is 38.9 Å². The Hall–Kier alpha value is -17.0. The molecule has 0 aliphatic carbocycles. The number of nitriles is 1. The van der Waals surface area contributed by atoms with E-state index in [1.54, 1.807) is 0 Å². The van der Waals surface area contributed by atoms with E-state index >= 15 is 0 Å². The second-order valence-corrected chi connectivity index (χ2v) is 32.8. The monoisotopic (exact) mass is 1610 g/mol. The van der Waals surface area contributed by atoms with Crippen LogP contribution in [0.3, 0.4) is 0 Å². The molecule has 0 aliphatic heterocycles. The first-order valence-corrected chi connectivity index (χ1v) is 42.3. The first kappa shape index (κ1) is 75.2. The fourth-order valence-corrected chi connectivity index (χ4v) is 19.4. The Balaban J connectivity index is 0.000000112. The van der Waals surface area contributed by atoms with E-state index in [9.17, 15) is 5.26 Å². The third-order valence-corrected chi connectivity index (χ3v) is 24.9. The van der Waals surface area contributed by atoms with Crippen molar-refractivity contribution in [2.24, 2.45) is 0 Å². The highest BCUT2D eigenvalue weighted by Crippen LogP contribution is 2.48. The molecule has 0 unspecified atom stereocenters. The summed E-state index contributed by atoms with van der Waals surface area (Å²) < 4.78 is 14.0. The number of pyridine rings is 3. The van der Waals surface area contributed by atoms with Crippen molar-refractivity contribution in [2.75, 3.05) is 0 Å². The second-order valence-electron chi connectivity index (χ2n) is 32.8. The highest BCUT2D eigenvalue weighted by molar-refractivity contribution is 6.17. The number of hydrogen-bond acceptors (Lipinski definition) is 4. The molecule has 126 heavy (non-hydrogen) atoms. The summed E-state index contributed by atoms with van der Waals surface area (Å²) in [5.74, 6) is 2.53. The highest BCUT2D eigenvalue weighted by Gasteiger charge is 2.29. The van der Waals surface area contributed by atoms with Gasteiger partial charge in [-0.3, -0.25) is 13.7 Å². The van der Waals surface area contributed by atoms with Gasteiger partial charge in [-0.1, -0.05) is 234 Å². The molecule has 0 spiro atoms. The highest BCUT2D eigenvalue weighted by atomic mass is 15.2. The maximum absolute atomic E-state index is 9.49. The maximum atomic E-state index is 9.49. The number of aryl methyl sites for hydroxylation is 6. The van der Waals surface area contributed by atoms with Crippen LogP contribution >= 0.6 is 0 Å². The normalized spacial score (nSPS) is 11.5. The lowest BCUT2D eigenvalue weighted by atomic mass is 10.0. The molecule has 12 heteroatoms. The second kappa shape index (κ2) is 30.3. The van der Waals surface area contributed by atoms with Crippen LogP contribution in [0.4, 0.5) is 11.4 Å². The molecule has 0 amide bonds. The lowest BCUT2D eigenvalue weighted by Crippen LogP contribution is -2.08. The minimum absolute atomic E-state index is 0.613. The predicted octanol–water partition coefficient (Wildman–Crippen LogP) is 29.7. The van der Waals surface area contributed by atoms with Crippen molar-refractivity contribution in [2.45, 2.75) is 41.5 Å². The molecule has 0 bridgehead atoms. The van der Waals surface area contributed by atoms with E-state index in [1.165, 1.54) is 98.0 Å². The van der Waals surface area contributed by atoms with Gasteiger partial charge in [-0.25, -0.2) is 24.6 Å². The molecule has 0 fully saturated rings. The molecular weight excluding hydrogens is 1540 g/mol. The standard InChI is InChI=1S/3C38H26N4/c1-24-16-18-35-30(22-24)27-11-5-8-14-33(27)41(35)37-29(26-10-4-7-13-32(26)39-3)20-21-40-38(37)42-34-15-9-6-12-28(34)31-23-25(2)17-19-36(31)42;1-24-15-17-35-31(21-24)29-11-4-6-13-33(29)41(35)37-28(26-9-8-10-27(23-26)39-3)19-20-40-38(37)42-34-14-7-5-12-30(34)32-22-25(2)16-18-36(32)42;1-24-11-17-35-31(21-24)29-7-3-5-9-33(29)41(35)37-28(27-15-13-26(23-39)14-16-27)19-20-40-38(37)42-34-10-6-4-8-30(34)32-22-25(2)12-18-36(32)42/h2*4-23H,1-2H3;3-22H,1-2H3. The smallest absolute Gasteiger partial charge is 0.194 e. The van der Waals surface area contributed by atoms with Gasteiger partial charge in [0, 0.05) is 99.9 Å². The van der Waals surface area contributed by atoms with Crippen molar-refractivity contribution in [3.05, 3.63) is 426 Å². The number of nitrogens with zero attached hydrogens (tertiary/aromatic N) is 12. The molecule has 0 radical (unpaired) electrons. The fourth-order valence-electron chi connectivity index (χ4n) is 19.4. The lowest BCUT2D eigenvalue weighted by molar-refractivity contribution is 1.03. The van der Waals surface area contributed by atoms with E-state index in [1.807, 2.05) is 85.3 Å². The molecule has 0 atom stereocenters. The summed E-state index contributed by atoms with van der Waals surface area (Å²) in [6, 6.07) is 123. The molecule has 15 aromatic carbocycles. The third kappa shape index (κ3) is 12.2. The summed E-state index contributed by atoms with van der Waals surface area (Å²) in [6.45, 7) is 28.5. The van der Waals surface area contributed by atoms with E-state index in [4.69, 9.17) is 28.1 Å². The van der Waals surface area contributed by atoms with Gasteiger partial charge in [0.25, 0.3) is 0 Å². The van der Waals surface area contributed by atoms with Crippen LogP contribution in [0.15, 0.2) is 364 Å². The summed E-state index contributed by atoms with van der Waals surface area (Å²) in [6.07, 6.45) is 5.67. The van der Waals surface area contributed by atoms with Crippen LogP contribution in [0, 0.1) is 66.0 Å². The number of rotatable bonds is 9. The van der Waals surface area contributed by atoms with Crippen LogP contribution < -0.4 is 0 Å². The Kier molecular flexibility index (Phi) is 18.1. The summed E-state index contributed by atoms with van der Waals surface area (Å²) >= 11 is 0. The Morgan fingerprint density at radius 3 is 0.857 bits per heavy atom. The van der Waals surface area contributed by atoms with Gasteiger partial charge >= 0.3 is 0 Å². The van der Waals surface area contributed by atoms with Gasteiger partial charge in [0.2, 0.25) is 0 Å². The van der Waals surface area contributed by atoms with Crippen LogP contribution in [0.2, 0.25) is 0 Å². The fraction of sp³-hybridized carbons (Fsp3) is 0.0526. The SMILES string of the molecule is Cc1ccc2c(c1)c1ccccc1n2-c1nccc(-c2ccc(C#N)cc2)c1-n1c2ccccc2c2cc(C)ccc21.[C-]#[N+]c1cccc(-c2ccnc(-n3c4ccccc4c4cc(C)ccc43)c2-n2c3ccccc3c3cc(C)ccc32)c1.[C-]#[N+]c1ccccc1-c1ccnc(-n2c3ccccc3c3cc(C)ccc32)c1-n1c2ccccc2c2cc(C)ccc21. The predicted molar refractivity (Wildman–Crippen MR) is 521 cm³/mol. The van der Waals surface area contributed by atoms with Crippen LogP contribution in [0.25, 0.3) is 208 Å². The summed E-state index contributed by atoms with van der Waals surface area (Å²) in [5.41, 5.74) is 31.4. The number of benzene rings is 15. The topological polar surface area (TPSA) is 101 Å². The molecular formula is C114H78N12. The van der Waals surface area contributed by atoms with Gasteiger partial charge in [0.05, 0.1) is 108 Å². The zero-order valence-corrected chi connectivity index (χ0v) is 70.0.